The first-order valence-corrected chi connectivity index (χ1v) is 5.55. The molecule has 1 atom stereocenters. The number of hydrogen-bond acceptors (Lipinski definition) is 3. The van der Waals surface area contributed by atoms with Crippen molar-refractivity contribution in [3.63, 3.8) is 0 Å². The van der Waals surface area contributed by atoms with Crippen LogP contribution < -0.4 is 4.74 Å². The van der Waals surface area contributed by atoms with Gasteiger partial charge in [-0.2, -0.15) is 0 Å². The van der Waals surface area contributed by atoms with E-state index in [0.717, 1.165) is 11.3 Å². The van der Waals surface area contributed by atoms with E-state index in [1.54, 1.807) is 0 Å². The summed E-state index contributed by atoms with van der Waals surface area (Å²) >= 11 is 5.14. The summed E-state index contributed by atoms with van der Waals surface area (Å²) < 4.78 is 10.4. The van der Waals surface area contributed by atoms with Crippen molar-refractivity contribution in [2.45, 2.75) is 26.4 Å². The Bertz CT molecular complexity index is 352. The van der Waals surface area contributed by atoms with E-state index < -0.39 is 5.43 Å². The summed E-state index contributed by atoms with van der Waals surface area (Å²) in [5.74, 6) is 0.768. The lowest BCUT2D eigenvalue weighted by molar-refractivity contribution is 0.0800. The molecule has 1 unspecified atom stereocenters. The van der Waals surface area contributed by atoms with Crippen molar-refractivity contribution in [1.29, 1.82) is 0 Å². The van der Waals surface area contributed by atoms with Crippen LogP contribution in [-0.4, -0.2) is 18.1 Å². The minimum Gasteiger partial charge on any atom is -0.490 e. The molecule has 0 aliphatic rings. The maximum atomic E-state index is 10.6. The zero-order valence-corrected chi connectivity index (χ0v) is 10.2. The van der Waals surface area contributed by atoms with E-state index in [4.69, 9.17) is 21.1 Å². The van der Waals surface area contributed by atoms with Crippen LogP contribution in [0, 0.1) is 6.92 Å². The molecule has 0 radical (unpaired) electrons. The number of carbonyl (C=O) groups is 1. The second kappa shape index (κ2) is 6.38. The zero-order chi connectivity index (χ0) is 12.0. The minimum atomic E-state index is -0.792. The van der Waals surface area contributed by atoms with Gasteiger partial charge in [-0.25, -0.2) is 4.79 Å². The van der Waals surface area contributed by atoms with Crippen LogP contribution in [0.15, 0.2) is 24.3 Å². The fourth-order valence-electron chi connectivity index (χ4n) is 1.26. The average Bonchev–Trinajstić information content (AvgIpc) is 2.24. The van der Waals surface area contributed by atoms with Gasteiger partial charge in [-0.05, 0) is 31.0 Å². The molecule has 0 aliphatic carbocycles. The van der Waals surface area contributed by atoms with E-state index >= 15 is 0 Å². The van der Waals surface area contributed by atoms with Crippen molar-refractivity contribution in [1.82, 2.24) is 0 Å². The molecule has 0 aromatic heterocycles. The second-order valence-electron chi connectivity index (χ2n) is 3.51. The maximum absolute atomic E-state index is 10.6. The van der Waals surface area contributed by atoms with Gasteiger partial charge in [0.25, 0.3) is 0 Å². The number of carbonyl (C=O) groups excluding carboxylic acids is 1. The molecule has 1 aromatic carbocycles. The highest BCUT2D eigenvalue weighted by molar-refractivity contribution is 6.61. The number of aryl methyl sites for hydroxylation is 1. The van der Waals surface area contributed by atoms with Crippen LogP contribution in [0.4, 0.5) is 4.79 Å². The molecule has 0 saturated heterocycles. The van der Waals surface area contributed by atoms with Gasteiger partial charge in [0.1, 0.15) is 18.5 Å². The van der Waals surface area contributed by atoms with E-state index in [1.165, 1.54) is 0 Å². The van der Waals surface area contributed by atoms with Gasteiger partial charge in [0.2, 0.25) is 0 Å². The molecule has 4 heteroatoms. The van der Waals surface area contributed by atoms with Gasteiger partial charge in [-0.1, -0.05) is 19.1 Å². The Morgan fingerprint density at radius 2 is 2.25 bits per heavy atom. The monoisotopic (exact) mass is 242 g/mol. The Morgan fingerprint density at radius 1 is 1.50 bits per heavy atom. The third-order valence-electron chi connectivity index (χ3n) is 2.14. The summed E-state index contributed by atoms with van der Waals surface area (Å²) in [6.45, 7) is 4.21. The summed E-state index contributed by atoms with van der Waals surface area (Å²) in [5.41, 5.74) is 0.333. The molecule has 0 amide bonds. The van der Waals surface area contributed by atoms with Crippen molar-refractivity contribution in [3.05, 3.63) is 29.8 Å². The van der Waals surface area contributed by atoms with Gasteiger partial charge in [0.15, 0.2) is 0 Å². The molecule has 0 aliphatic heterocycles. The van der Waals surface area contributed by atoms with Crippen LogP contribution in [0.3, 0.4) is 0 Å². The summed E-state index contributed by atoms with van der Waals surface area (Å²) in [5, 5.41) is 0. The lowest BCUT2D eigenvalue weighted by Crippen LogP contribution is -2.21. The van der Waals surface area contributed by atoms with Crippen LogP contribution in [0.2, 0.25) is 0 Å². The van der Waals surface area contributed by atoms with Crippen molar-refractivity contribution in [2.75, 3.05) is 6.61 Å². The number of hydrogen-bond donors (Lipinski definition) is 0. The van der Waals surface area contributed by atoms with Gasteiger partial charge < -0.3 is 9.47 Å². The standard InChI is InChI=1S/C12H15ClO3/c1-3-10(16-12(13)14)8-15-11-6-4-5-9(2)7-11/h4-7,10H,3,8H2,1-2H3. The number of ether oxygens (including phenoxy) is 2. The molecule has 0 bridgehead atoms. The molecule has 1 aromatic rings. The summed E-state index contributed by atoms with van der Waals surface area (Å²) in [6, 6.07) is 7.69. The molecular weight excluding hydrogens is 228 g/mol. The van der Waals surface area contributed by atoms with Crippen molar-refractivity contribution < 1.29 is 14.3 Å². The molecule has 16 heavy (non-hydrogen) atoms. The first-order valence-electron chi connectivity index (χ1n) is 5.17. The van der Waals surface area contributed by atoms with Crippen LogP contribution >= 0.6 is 11.6 Å². The van der Waals surface area contributed by atoms with Gasteiger partial charge in [0, 0.05) is 11.6 Å². The molecule has 3 nitrogen and oxygen atoms in total. The Labute approximate surface area is 100 Å². The average molecular weight is 243 g/mol. The lowest BCUT2D eigenvalue weighted by atomic mass is 10.2. The van der Waals surface area contributed by atoms with Gasteiger partial charge in [-0.15, -0.1) is 0 Å². The van der Waals surface area contributed by atoms with Gasteiger partial charge >= 0.3 is 5.43 Å². The predicted octanol–water partition coefficient (Wildman–Crippen LogP) is 3.53. The van der Waals surface area contributed by atoms with E-state index in [-0.39, 0.29) is 6.10 Å². The Morgan fingerprint density at radius 3 is 2.81 bits per heavy atom. The smallest absolute Gasteiger partial charge is 0.404 e. The Kier molecular flexibility index (Phi) is 5.12. The van der Waals surface area contributed by atoms with Crippen LogP contribution in [0.25, 0.3) is 0 Å². The molecular formula is C12H15ClO3. The second-order valence-corrected chi connectivity index (χ2v) is 3.82. The maximum Gasteiger partial charge on any atom is 0.404 e. The molecule has 1 rings (SSSR count). The first-order chi connectivity index (χ1) is 7.61. The van der Waals surface area contributed by atoms with Crippen LogP contribution in [0.5, 0.6) is 5.75 Å². The first kappa shape index (κ1) is 12.8. The van der Waals surface area contributed by atoms with Crippen LogP contribution in [-0.2, 0) is 4.74 Å². The SMILES string of the molecule is CCC(COc1cccc(C)c1)OC(=O)Cl. The summed E-state index contributed by atoms with van der Waals surface area (Å²) in [4.78, 5) is 10.6. The fourth-order valence-corrected chi connectivity index (χ4v) is 1.39. The van der Waals surface area contributed by atoms with Gasteiger partial charge in [0.05, 0.1) is 0 Å². The molecule has 0 spiro atoms. The van der Waals surface area contributed by atoms with E-state index in [0.29, 0.717) is 13.0 Å². The molecule has 0 fully saturated rings. The fraction of sp³-hybridized carbons (Fsp3) is 0.417. The largest absolute Gasteiger partial charge is 0.490 e. The molecule has 0 saturated carbocycles. The van der Waals surface area contributed by atoms with Crippen molar-refractivity contribution in [2.24, 2.45) is 0 Å². The zero-order valence-electron chi connectivity index (χ0n) is 9.40. The Hall–Kier alpha value is -1.22. The highest BCUT2D eigenvalue weighted by Gasteiger charge is 2.11. The van der Waals surface area contributed by atoms with E-state index in [2.05, 4.69) is 0 Å². The minimum absolute atomic E-state index is 0.300. The van der Waals surface area contributed by atoms with E-state index in [1.807, 2.05) is 38.1 Å². The molecule has 0 N–H and O–H groups in total. The van der Waals surface area contributed by atoms with E-state index in [9.17, 15) is 4.79 Å². The third-order valence-corrected chi connectivity index (χ3v) is 2.23. The molecule has 0 heterocycles. The van der Waals surface area contributed by atoms with Crippen molar-refractivity contribution >= 4 is 17.0 Å². The number of benzene rings is 1. The van der Waals surface area contributed by atoms with Gasteiger partial charge in [-0.3, -0.25) is 0 Å². The normalized spacial score (nSPS) is 11.9. The number of halogens is 1. The van der Waals surface area contributed by atoms with Crippen molar-refractivity contribution in [3.8, 4) is 5.75 Å². The molecule has 88 valence electrons. The topological polar surface area (TPSA) is 35.5 Å². The van der Waals surface area contributed by atoms with Crippen LogP contribution in [0.1, 0.15) is 18.9 Å². The number of rotatable bonds is 5. The summed E-state index contributed by atoms with van der Waals surface area (Å²) in [7, 11) is 0. The highest BCUT2D eigenvalue weighted by atomic mass is 35.5. The Balaban J connectivity index is 2.46. The summed E-state index contributed by atoms with van der Waals surface area (Å²) in [6.07, 6.45) is 0.370. The highest BCUT2D eigenvalue weighted by Crippen LogP contribution is 2.13. The predicted molar refractivity (Wildman–Crippen MR) is 63.1 cm³/mol. The lowest BCUT2D eigenvalue weighted by Gasteiger charge is -2.15. The quantitative estimate of drug-likeness (QED) is 0.741. The third kappa shape index (κ3) is 4.53.